The Labute approximate surface area is 132 Å². The molecule has 0 unspecified atom stereocenters. The fraction of sp³-hybridized carbons (Fsp3) is 0.176. The number of amides is 1. The Morgan fingerprint density at radius 1 is 1.22 bits per heavy atom. The normalized spacial score (nSPS) is 13.0. The standard InChI is InChI=1S/C17H15NO5/c1-22-14-7-6-12-13(20)8-9-23-16(12)15(14)18-17(21)10-2-4-11(19)5-3-10/h2-7,19H,8-9H2,1H3,(H,18,21). The number of fused-ring (bicyclic) bond motifs is 1. The number of phenols is 1. The second-order valence-corrected chi connectivity index (χ2v) is 5.04. The van der Waals surface area contributed by atoms with E-state index in [1.54, 1.807) is 12.1 Å². The fourth-order valence-corrected chi connectivity index (χ4v) is 2.40. The molecule has 1 aliphatic rings. The molecule has 6 heteroatoms. The van der Waals surface area contributed by atoms with Gasteiger partial charge in [-0.15, -0.1) is 0 Å². The topological polar surface area (TPSA) is 84.9 Å². The second kappa shape index (κ2) is 6.00. The summed E-state index contributed by atoms with van der Waals surface area (Å²) in [6.07, 6.45) is 0.310. The average Bonchev–Trinajstić information content (AvgIpc) is 2.56. The first-order valence-electron chi connectivity index (χ1n) is 7.07. The number of rotatable bonds is 3. The molecule has 118 valence electrons. The maximum absolute atomic E-state index is 12.4. The number of hydrogen-bond donors (Lipinski definition) is 2. The van der Waals surface area contributed by atoms with Crippen LogP contribution in [0.25, 0.3) is 0 Å². The van der Waals surface area contributed by atoms with Gasteiger partial charge in [0, 0.05) is 12.0 Å². The highest BCUT2D eigenvalue weighted by molar-refractivity contribution is 6.09. The summed E-state index contributed by atoms with van der Waals surface area (Å²) < 4.78 is 10.8. The lowest BCUT2D eigenvalue weighted by molar-refractivity contribution is 0.0931. The molecule has 1 heterocycles. The zero-order valence-corrected chi connectivity index (χ0v) is 12.5. The highest BCUT2D eigenvalue weighted by Gasteiger charge is 2.25. The van der Waals surface area contributed by atoms with Crippen LogP contribution in [0, 0.1) is 0 Å². The molecule has 2 aromatic carbocycles. The Bertz CT molecular complexity index is 767. The molecule has 23 heavy (non-hydrogen) atoms. The van der Waals surface area contributed by atoms with Crippen LogP contribution in [0.15, 0.2) is 36.4 Å². The molecule has 0 saturated heterocycles. The number of benzene rings is 2. The lowest BCUT2D eigenvalue weighted by Crippen LogP contribution is -2.19. The number of methoxy groups -OCH3 is 1. The van der Waals surface area contributed by atoms with Crippen molar-refractivity contribution in [2.75, 3.05) is 19.0 Å². The summed E-state index contributed by atoms with van der Waals surface area (Å²) in [5.41, 5.74) is 1.12. The summed E-state index contributed by atoms with van der Waals surface area (Å²) in [5.74, 6) is 0.385. The van der Waals surface area contributed by atoms with Gasteiger partial charge in [-0.3, -0.25) is 9.59 Å². The molecule has 0 fully saturated rings. The molecule has 3 rings (SSSR count). The van der Waals surface area contributed by atoms with Crippen molar-refractivity contribution in [3.05, 3.63) is 47.5 Å². The molecule has 2 N–H and O–H groups in total. The molecule has 0 spiro atoms. The van der Waals surface area contributed by atoms with E-state index in [1.807, 2.05) is 0 Å². The van der Waals surface area contributed by atoms with Crippen LogP contribution < -0.4 is 14.8 Å². The lowest BCUT2D eigenvalue weighted by Gasteiger charge is -2.21. The smallest absolute Gasteiger partial charge is 0.255 e. The Hall–Kier alpha value is -3.02. The first kappa shape index (κ1) is 14.9. The molecule has 0 radical (unpaired) electrons. The summed E-state index contributed by atoms with van der Waals surface area (Å²) in [6.45, 7) is 0.265. The third-order valence-electron chi connectivity index (χ3n) is 3.58. The summed E-state index contributed by atoms with van der Waals surface area (Å²) in [7, 11) is 1.47. The molecular formula is C17H15NO5. The van der Waals surface area contributed by atoms with Crippen molar-refractivity contribution >= 4 is 17.4 Å². The zero-order valence-electron chi connectivity index (χ0n) is 12.5. The maximum Gasteiger partial charge on any atom is 0.255 e. The van der Waals surface area contributed by atoms with Gasteiger partial charge in [0.25, 0.3) is 5.91 Å². The number of aromatic hydroxyl groups is 1. The second-order valence-electron chi connectivity index (χ2n) is 5.04. The van der Waals surface area contributed by atoms with Crippen LogP contribution in [0.3, 0.4) is 0 Å². The minimum atomic E-state index is -0.390. The molecule has 0 bridgehead atoms. The van der Waals surface area contributed by atoms with E-state index in [2.05, 4.69) is 5.32 Å². The number of ether oxygens (including phenoxy) is 2. The Morgan fingerprint density at radius 2 is 1.96 bits per heavy atom. The SMILES string of the molecule is COc1ccc2c(c1NC(=O)c1ccc(O)cc1)OCCC2=O. The number of Topliss-reactive ketones (excluding diaryl/α,β-unsaturated/α-hetero) is 1. The molecule has 6 nitrogen and oxygen atoms in total. The quantitative estimate of drug-likeness (QED) is 0.910. The first-order valence-corrected chi connectivity index (χ1v) is 7.07. The molecule has 1 amide bonds. The zero-order chi connectivity index (χ0) is 16.4. The number of anilines is 1. The lowest BCUT2D eigenvalue weighted by atomic mass is 10.0. The van der Waals surface area contributed by atoms with Crippen molar-refractivity contribution in [3.63, 3.8) is 0 Å². The van der Waals surface area contributed by atoms with Gasteiger partial charge in [0.05, 0.1) is 19.3 Å². The van der Waals surface area contributed by atoms with Crippen molar-refractivity contribution < 1.29 is 24.2 Å². The number of hydrogen-bond acceptors (Lipinski definition) is 5. The average molecular weight is 313 g/mol. The predicted molar refractivity (Wildman–Crippen MR) is 83.5 cm³/mol. The largest absolute Gasteiger partial charge is 0.508 e. The number of carbonyl (C=O) groups is 2. The van der Waals surface area contributed by atoms with Crippen LogP contribution in [0.1, 0.15) is 27.1 Å². The van der Waals surface area contributed by atoms with Crippen molar-refractivity contribution in [2.24, 2.45) is 0 Å². The van der Waals surface area contributed by atoms with Gasteiger partial charge in [0.15, 0.2) is 11.5 Å². The van der Waals surface area contributed by atoms with Gasteiger partial charge in [-0.25, -0.2) is 0 Å². The molecule has 0 atom stereocenters. The molecule has 0 aromatic heterocycles. The Morgan fingerprint density at radius 3 is 2.65 bits per heavy atom. The van der Waals surface area contributed by atoms with Crippen LogP contribution in [0.4, 0.5) is 5.69 Å². The minimum Gasteiger partial charge on any atom is -0.508 e. The van der Waals surface area contributed by atoms with E-state index in [0.717, 1.165) is 0 Å². The molecule has 0 saturated carbocycles. The van der Waals surface area contributed by atoms with Crippen molar-refractivity contribution in [3.8, 4) is 17.2 Å². The molecule has 2 aromatic rings. The van der Waals surface area contributed by atoms with Gasteiger partial charge >= 0.3 is 0 Å². The molecule has 1 aliphatic heterocycles. The number of nitrogens with one attached hydrogen (secondary N) is 1. The van der Waals surface area contributed by atoms with E-state index in [0.29, 0.717) is 34.7 Å². The van der Waals surface area contributed by atoms with Crippen molar-refractivity contribution in [1.82, 2.24) is 0 Å². The monoisotopic (exact) mass is 313 g/mol. The van der Waals surface area contributed by atoms with Crippen LogP contribution in [-0.2, 0) is 0 Å². The Balaban J connectivity index is 1.98. The summed E-state index contributed by atoms with van der Waals surface area (Å²) in [5, 5.41) is 12.0. The number of carbonyl (C=O) groups excluding carboxylic acids is 2. The maximum atomic E-state index is 12.4. The van der Waals surface area contributed by atoms with E-state index >= 15 is 0 Å². The number of phenolic OH excluding ortho intramolecular Hbond substituents is 1. The van der Waals surface area contributed by atoms with Crippen LogP contribution in [0.5, 0.6) is 17.2 Å². The van der Waals surface area contributed by atoms with Crippen LogP contribution >= 0.6 is 0 Å². The van der Waals surface area contributed by atoms with Crippen LogP contribution in [-0.4, -0.2) is 30.5 Å². The van der Waals surface area contributed by atoms with E-state index in [4.69, 9.17) is 9.47 Å². The summed E-state index contributed by atoms with van der Waals surface area (Å²) in [4.78, 5) is 24.3. The highest BCUT2D eigenvalue weighted by Crippen LogP contribution is 2.40. The van der Waals surface area contributed by atoms with Gasteiger partial charge in [-0.2, -0.15) is 0 Å². The number of ketones is 1. The van der Waals surface area contributed by atoms with Crippen LogP contribution in [0.2, 0.25) is 0 Å². The van der Waals surface area contributed by atoms with Gasteiger partial charge in [-0.1, -0.05) is 0 Å². The first-order chi connectivity index (χ1) is 11.1. The van der Waals surface area contributed by atoms with E-state index in [-0.39, 0.29) is 18.1 Å². The van der Waals surface area contributed by atoms with Gasteiger partial charge < -0.3 is 19.9 Å². The van der Waals surface area contributed by atoms with Crippen molar-refractivity contribution in [1.29, 1.82) is 0 Å². The van der Waals surface area contributed by atoms with Crippen molar-refractivity contribution in [2.45, 2.75) is 6.42 Å². The van der Waals surface area contributed by atoms with E-state index < -0.39 is 5.91 Å². The minimum absolute atomic E-state index is 0.0333. The van der Waals surface area contributed by atoms with E-state index in [9.17, 15) is 14.7 Å². The predicted octanol–water partition coefficient (Wildman–Crippen LogP) is 2.62. The third-order valence-corrected chi connectivity index (χ3v) is 3.58. The third kappa shape index (κ3) is 2.83. The van der Waals surface area contributed by atoms with E-state index in [1.165, 1.54) is 31.4 Å². The summed E-state index contributed by atoms with van der Waals surface area (Å²) in [6, 6.07) is 9.10. The van der Waals surface area contributed by atoms with Gasteiger partial charge in [0.2, 0.25) is 0 Å². The van der Waals surface area contributed by atoms with Gasteiger partial charge in [0.1, 0.15) is 17.2 Å². The van der Waals surface area contributed by atoms with Gasteiger partial charge in [-0.05, 0) is 36.4 Å². The molecular weight excluding hydrogens is 298 g/mol. The summed E-state index contributed by atoms with van der Waals surface area (Å²) >= 11 is 0. The fourth-order valence-electron chi connectivity index (χ4n) is 2.40. The molecule has 0 aliphatic carbocycles. The highest BCUT2D eigenvalue weighted by atomic mass is 16.5. The Kier molecular flexibility index (Phi) is 3.89.